The van der Waals surface area contributed by atoms with Gasteiger partial charge in [-0.2, -0.15) is 0 Å². The van der Waals surface area contributed by atoms with Crippen LogP contribution in [-0.4, -0.2) is 13.1 Å². The summed E-state index contributed by atoms with van der Waals surface area (Å²) in [5.74, 6) is 0. The van der Waals surface area contributed by atoms with Gasteiger partial charge in [0.2, 0.25) is 0 Å². The summed E-state index contributed by atoms with van der Waals surface area (Å²) in [6, 6.07) is 0.866. The molecule has 0 saturated heterocycles. The normalized spacial score (nSPS) is 20.1. The highest BCUT2D eigenvalue weighted by Crippen LogP contribution is 2.16. The van der Waals surface area contributed by atoms with E-state index in [1.807, 2.05) is 7.05 Å². The largest absolute Gasteiger partial charge is 0.317 e. The smallest absolute Gasteiger partial charge is 0.00640 e. The molecule has 1 aliphatic rings. The Morgan fingerprint density at radius 2 is 2.00 bits per heavy atom. The van der Waals surface area contributed by atoms with E-state index in [-0.39, 0.29) is 7.43 Å². The van der Waals surface area contributed by atoms with Crippen molar-refractivity contribution in [2.24, 2.45) is 0 Å². The third kappa shape index (κ3) is 1.48. The molecule has 7 heavy (non-hydrogen) atoms. The van der Waals surface area contributed by atoms with E-state index < -0.39 is 0 Å². The van der Waals surface area contributed by atoms with Gasteiger partial charge in [-0.15, -0.1) is 0 Å². The molecule has 0 unspecified atom stereocenters. The molecule has 0 aromatic rings. The summed E-state index contributed by atoms with van der Waals surface area (Å²) in [6.07, 6.45) is 4.23. The van der Waals surface area contributed by atoms with Crippen LogP contribution >= 0.6 is 0 Å². The molecule has 0 spiro atoms. The second-order valence-electron chi connectivity index (χ2n) is 1.92. The monoisotopic (exact) mass is 101 g/mol. The summed E-state index contributed by atoms with van der Waals surface area (Å²) < 4.78 is 0. The molecule has 0 amide bonds. The fraction of sp³-hybridized carbons (Fsp3) is 1.00. The second kappa shape index (κ2) is 3.03. The molecule has 1 nitrogen and oxygen atoms in total. The van der Waals surface area contributed by atoms with Gasteiger partial charge < -0.3 is 5.32 Å². The number of hydrogen-bond donors (Lipinski definition) is 1. The Bertz CT molecular complexity index is 36.7. The molecule has 0 aliphatic heterocycles. The standard InChI is InChI=1S/C5H11N.CH4/c1-6-5-3-2-4-5;/h5-6H,2-4H2,1H3;1H4. The van der Waals surface area contributed by atoms with Crippen LogP contribution in [0.4, 0.5) is 0 Å². The lowest BCUT2D eigenvalue weighted by molar-refractivity contribution is 0.361. The Kier molecular flexibility index (Phi) is 3.01. The van der Waals surface area contributed by atoms with Gasteiger partial charge >= 0.3 is 0 Å². The zero-order valence-corrected chi connectivity index (χ0v) is 4.20. The summed E-state index contributed by atoms with van der Waals surface area (Å²) >= 11 is 0. The van der Waals surface area contributed by atoms with Gasteiger partial charge in [0, 0.05) is 6.04 Å². The summed E-state index contributed by atoms with van der Waals surface area (Å²) in [4.78, 5) is 0. The molecule has 0 heterocycles. The lowest BCUT2D eigenvalue weighted by Crippen LogP contribution is -2.31. The van der Waals surface area contributed by atoms with E-state index in [1.165, 1.54) is 19.3 Å². The molecule has 0 aromatic carbocycles. The molecule has 1 fully saturated rings. The quantitative estimate of drug-likeness (QED) is 0.526. The average Bonchev–Trinajstić information content (AvgIpc) is 1.31. The molecule has 44 valence electrons. The minimum Gasteiger partial charge on any atom is -0.317 e. The van der Waals surface area contributed by atoms with Gasteiger partial charge in [0.15, 0.2) is 0 Å². The first-order valence-electron chi connectivity index (χ1n) is 2.61. The zero-order chi connectivity index (χ0) is 4.41. The minimum absolute atomic E-state index is 0. The maximum atomic E-state index is 3.20. The first-order chi connectivity index (χ1) is 2.93. The Morgan fingerprint density at radius 1 is 1.43 bits per heavy atom. The lowest BCUT2D eigenvalue weighted by Gasteiger charge is -2.23. The van der Waals surface area contributed by atoms with Crippen LogP contribution in [0.2, 0.25) is 0 Å². The first-order valence-corrected chi connectivity index (χ1v) is 2.61. The first kappa shape index (κ1) is 6.96. The summed E-state index contributed by atoms with van der Waals surface area (Å²) in [6.45, 7) is 0. The zero-order valence-electron chi connectivity index (χ0n) is 4.20. The van der Waals surface area contributed by atoms with Gasteiger partial charge in [0.1, 0.15) is 0 Å². The van der Waals surface area contributed by atoms with Crippen molar-refractivity contribution in [2.75, 3.05) is 7.05 Å². The highest BCUT2D eigenvalue weighted by atomic mass is 14.9. The van der Waals surface area contributed by atoms with Crippen molar-refractivity contribution >= 4 is 0 Å². The maximum absolute atomic E-state index is 3.20. The van der Waals surface area contributed by atoms with E-state index >= 15 is 0 Å². The van der Waals surface area contributed by atoms with Crippen molar-refractivity contribution < 1.29 is 0 Å². The van der Waals surface area contributed by atoms with E-state index in [0.717, 1.165) is 6.04 Å². The Hall–Kier alpha value is -0.0400. The predicted molar refractivity (Wildman–Crippen MR) is 33.4 cm³/mol. The Labute approximate surface area is 46.1 Å². The van der Waals surface area contributed by atoms with Crippen molar-refractivity contribution in [2.45, 2.75) is 32.7 Å². The van der Waals surface area contributed by atoms with Crippen molar-refractivity contribution in [3.8, 4) is 0 Å². The van der Waals surface area contributed by atoms with Gasteiger partial charge in [-0.1, -0.05) is 13.8 Å². The van der Waals surface area contributed by atoms with Crippen LogP contribution in [0.3, 0.4) is 0 Å². The number of hydrogen-bond acceptors (Lipinski definition) is 1. The van der Waals surface area contributed by atoms with Crippen LogP contribution in [0, 0.1) is 0 Å². The Morgan fingerprint density at radius 3 is 2.00 bits per heavy atom. The van der Waals surface area contributed by atoms with E-state index in [1.54, 1.807) is 0 Å². The molecule has 0 radical (unpaired) electrons. The maximum Gasteiger partial charge on any atom is 0.00640 e. The predicted octanol–water partition coefficient (Wildman–Crippen LogP) is 1.39. The number of nitrogens with one attached hydrogen (secondary N) is 1. The van der Waals surface area contributed by atoms with E-state index in [9.17, 15) is 0 Å². The summed E-state index contributed by atoms with van der Waals surface area (Å²) in [7, 11) is 2.03. The molecule has 1 aliphatic carbocycles. The summed E-state index contributed by atoms with van der Waals surface area (Å²) in [5, 5.41) is 3.20. The van der Waals surface area contributed by atoms with E-state index in [4.69, 9.17) is 0 Å². The van der Waals surface area contributed by atoms with Gasteiger partial charge in [0.05, 0.1) is 0 Å². The molecule has 0 atom stereocenters. The van der Waals surface area contributed by atoms with Crippen LogP contribution in [0.1, 0.15) is 26.7 Å². The van der Waals surface area contributed by atoms with Crippen LogP contribution in [0.15, 0.2) is 0 Å². The van der Waals surface area contributed by atoms with Crippen molar-refractivity contribution in [3.05, 3.63) is 0 Å². The third-order valence-corrected chi connectivity index (χ3v) is 1.51. The van der Waals surface area contributed by atoms with Crippen molar-refractivity contribution in [1.29, 1.82) is 0 Å². The highest BCUT2D eigenvalue weighted by Gasteiger charge is 2.13. The number of rotatable bonds is 1. The molecule has 0 bridgehead atoms. The molecule has 1 N–H and O–H groups in total. The second-order valence-corrected chi connectivity index (χ2v) is 1.92. The SMILES string of the molecule is C.CNC1CCC1. The summed E-state index contributed by atoms with van der Waals surface area (Å²) in [5.41, 5.74) is 0. The third-order valence-electron chi connectivity index (χ3n) is 1.51. The van der Waals surface area contributed by atoms with Gasteiger partial charge in [-0.25, -0.2) is 0 Å². The van der Waals surface area contributed by atoms with Crippen LogP contribution < -0.4 is 5.32 Å². The molecule has 1 rings (SSSR count). The van der Waals surface area contributed by atoms with E-state index in [0.29, 0.717) is 0 Å². The lowest BCUT2D eigenvalue weighted by atomic mass is 9.94. The topological polar surface area (TPSA) is 12.0 Å². The Balaban J connectivity index is 0.000000360. The molecular formula is C6H15N. The molecule has 1 saturated carbocycles. The van der Waals surface area contributed by atoms with Gasteiger partial charge in [0.25, 0.3) is 0 Å². The fourth-order valence-corrected chi connectivity index (χ4v) is 0.697. The molecular weight excluding hydrogens is 86.1 g/mol. The molecule has 1 heteroatoms. The molecule has 0 aromatic heterocycles. The van der Waals surface area contributed by atoms with Crippen LogP contribution in [0.25, 0.3) is 0 Å². The van der Waals surface area contributed by atoms with E-state index in [2.05, 4.69) is 5.32 Å². The average molecular weight is 101 g/mol. The van der Waals surface area contributed by atoms with Crippen LogP contribution in [-0.2, 0) is 0 Å². The van der Waals surface area contributed by atoms with Crippen molar-refractivity contribution in [3.63, 3.8) is 0 Å². The minimum atomic E-state index is 0. The van der Waals surface area contributed by atoms with Crippen molar-refractivity contribution in [1.82, 2.24) is 5.32 Å². The van der Waals surface area contributed by atoms with Crippen LogP contribution in [0.5, 0.6) is 0 Å². The van der Waals surface area contributed by atoms with Gasteiger partial charge in [-0.3, -0.25) is 0 Å². The highest BCUT2D eigenvalue weighted by molar-refractivity contribution is 4.73. The fourth-order valence-electron chi connectivity index (χ4n) is 0.697. The van der Waals surface area contributed by atoms with Gasteiger partial charge in [-0.05, 0) is 19.9 Å².